The highest BCUT2D eigenvalue weighted by molar-refractivity contribution is 8.16. The zero-order valence-electron chi connectivity index (χ0n) is 13.8. The second-order valence-electron chi connectivity index (χ2n) is 6.08. The molecule has 1 spiro atoms. The SMILES string of the molecule is NC1=NC(S)NC(=O)C12C=C(c1ccccc1)SC(c1ccccc1)=C2. The molecule has 0 saturated heterocycles. The summed E-state index contributed by atoms with van der Waals surface area (Å²) in [6, 6.07) is 19.9. The maximum atomic E-state index is 12.9. The van der Waals surface area contributed by atoms with Crippen molar-refractivity contribution in [3.63, 3.8) is 0 Å². The molecule has 0 fully saturated rings. The molecule has 0 saturated carbocycles. The number of nitrogens with zero attached hydrogens (tertiary/aromatic N) is 1. The van der Waals surface area contributed by atoms with Crippen molar-refractivity contribution in [3.05, 3.63) is 83.9 Å². The first-order valence-corrected chi connectivity index (χ1v) is 9.49. The summed E-state index contributed by atoms with van der Waals surface area (Å²) < 4.78 is 0. The Morgan fingerprint density at radius 2 is 1.46 bits per heavy atom. The van der Waals surface area contributed by atoms with Gasteiger partial charge in [-0.2, -0.15) is 0 Å². The molecular weight excluding hydrogens is 362 g/mol. The minimum absolute atomic E-state index is 0.216. The fourth-order valence-corrected chi connectivity index (χ4v) is 4.50. The van der Waals surface area contributed by atoms with Gasteiger partial charge in [-0.3, -0.25) is 4.79 Å². The van der Waals surface area contributed by atoms with E-state index < -0.39 is 10.9 Å². The molecule has 2 aromatic carbocycles. The molecule has 4 nitrogen and oxygen atoms in total. The van der Waals surface area contributed by atoms with Crippen LogP contribution in [0.4, 0.5) is 0 Å². The molecule has 0 radical (unpaired) electrons. The Bertz CT molecular complexity index is 881. The number of thiol groups is 1. The number of thioether (sulfide) groups is 1. The molecule has 2 heterocycles. The molecule has 1 atom stereocenters. The van der Waals surface area contributed by atoms with Gasteiger partial charge in [-0.25, -0.2) is 4.99 Å². The van der Waals surface area contributed by atoms with Gasteiger partial charge in [0.2, 0.25) is 5.91 Å². The van der Waals surface area contributed by atoms with Crippen molar-refractivity contribution < 1.29 is 4.79 Å². The Labute approximate surface area is 161 Å². The van der Waals surface area contributed by atoms with Crippen molar-refractivity contribution in [1.29, 1.82) is 0 Å². The third-order valence-corrected chi connectivity index (χ3v) is 5.77. The van der Waals surface area contributed by atoms with Crippen LogP contribution in [0.3, 0.4) is 0 Å². The Balaban J connectivity index is 1.90. The zero-order valence-corrected chi connectivity index (χ0v) is 15.5. The van der Waals surface area contributed by atoms with E-state index in [1.165, 1.54) is 0 Å². The lowest BCUT2D eigenvalue weighted by Gasteiger charge is -2.35. The van der Waals surface area contributed by atoms with Crippen LogP contribution in [0.1, 0.15) is 11.1 Å². The number of carbonyl (C=O) groups is 1. The molecule has 1 unspecified atom stereocenters. The molecule has 6 heteroatoms. The van der Waals surface area contributed by atoms with Crippen molar-refractivity contribution >= 4 is 45.9 Å². The van der Waals surface area contributed by atoms with Gasteiger partial charge in [0.15, 0.2) is 5.50 Å². The summed E-state index contributed by atoms with van der Waals surface area (Å²) in [6.07, 6.45) is 3.79. The number of carbonyl (C=O) groups excluding carboxylic acids is 1. The smallest absolute Gasteiger partial charge is 0.243 e. The molecule has 0 aliphatic carbocycles. The number of aliphatic imine (C=N–C) groups is 1. The molecule has 0 aromatic heterocycles. The normalized spacial score (nSPS) is 21.5. The molecule has 130 valence electrons. The predicted molar refractivity (Wildman–Crippen MR) is 111 cm³/mol. The van der Waals surface area contributed by atoms with E-state index in [1.54, 1.807) is 11.8 Å². The first kappa shape index (κ1) is 17.0. The van der Waals surface area contributed by atoms with Gasteiger partial charge in [-0.1, -0.05) is 72.4 Å². The highest BCUT2D eigenvalue weighted by Gasteiger charge is 2.45. The van der Waals surface area contributed by atoms with Gasteiger partial charge in [-0.15, -0.1) is 12.6 Å². The largest absolute Gasteiger partial charge is 0.386 e. The molecule has 26 heavy (non-hydrogen) atoms. The van der Waals surface area contributed by atoms with E-state index in [1.807, 2.05) is 72.8 Å². The van der Waals surface area contributed by atoms with Crippen LogP contribution < -0.4 is 11.1 Å². The summed E-state index contributed by atoms with van der Waals surface area (Å²) >= 11 is 5.84. The molecule has 1 amide bonds. The van der Waals surface area contributed by atoms with Crippen molar-refractivity contribution in [2.75, 3.05) is 0 Å². The zero-order chi connectivity index (χ0) is 18.1. The summed E-state index contributed by atoms with van der Waals surface area (Å²) in [6.45, 7) is 0. The molecule has 2 aliphatic rings. The summed E-state index contributed by atoms with van der Waals surface area (Å²) in [4.78, 5) is 19.2. The minimum atomic E-state index is -1.11. The van der Waals surface area contributed by atoms with Gasteiger partial charge >= 0.3 is 0 Å². The molecule has 3 N–H and O–H groups in total. The lowest BCUT2D eigenvalue weighted by atomic mass is 9.82. The average Bonchev–Trinajstić information content (AvgIpc) is 2.67. The van der Waals surface area contributed by atoms with Crippen molar-refractivity contribution in [2.45, 2.75) is 5.50 Å². The van der Waals surface area contributed by atoms with E-state index in [4.69, 9.17) is 5.73 Å². The van der Waals surface area contributed by atoms with Gasteiger partial charge in [0.25, 0.3) is 0 Å². The molecule has 0 bridgehead atoms. The Kier molecular flexibility index (Phi) is 4.38. The molecule has 2 aromatic rings. The third-order valence-electron chi connectivity index (χ3n) is 4.38. The number of benzene rings is 2. The van der Waals surface area contributed by atoms with E-state index >= 15 is 0 Å². The van der Waals surface area contributed by atoms with E-state index in [0.29, 0.717) is 0 Å². The molecule has 4 rings (SSSR count). The Morgan fingerprint density at radius 3 is 1.92 bits per heavy atom. The highest BCUT2D eigenvalue weighted by Crippen LogP contribution is 2.48. The Morgan fingerprint density at radius 1 is 0.962 bits per heavy atom. The van der Waals surface area contributed by atoms with Gasteiger partial charge in [0, 0.05) is 9.81 Å². The first-order valence-electron chi connectivity index (χ1n) is 8.16. The number of nitrogens with one attached hydrogen (secondary N) is 1. The van der Waals surface area contributed by atoms with Crippen LogP contribution in [0.25, 0.3) is 9.81 Å². The number of hydrogen-bond acceptors (Lipinski definition) is 5. The maximum Gasteiger partial charge on any atom is 0.243 e. The summed E-state index contributed by atoms with van der Waals surface area (Å²) in [5, 5.41) is 2.77. The van der Waals surface area contributed by atoms with Gasteiger partial charge in [0.05, 0.1) is 0 Å². The van der Waals surface area contributed by atoms with E-state index in [2.05, 4.69) is 22.9 Å². The third kappa shape index (κ3) is 2.95. The first-order chi connectivity index (χ1) is 12.6. The summed E-state index contributed by atoms with van der Waals surface area (Å²) in [5.74, 6) is 0.0376. The van der Waals surface area contributed by atoms with Gasteiger partial charge in [-0.05, 0) is 23.3 Å². The predicted octanol–water partition coefficient (Wildman–Crippen LogP) is 3.50. The van der Waals surface area contributed by atoms with E-state index in [0.717, 1.165) is 20.9 Å². The number of rotatable bonds is 2. The quantitative estimate of drug-likeness (QED) is 0.700. The maximum absolute atomic E-state index is 12.9. The van der Waals surface area contributed by atoms with Crippen molar-refractivity contribution in [1.82, 2.24) is 5.32 Å². The van der Waals surface area contributed by atoms with Crippen LogP contribution in [0.5, 0.6) is 0 Å². The van der Waals surface area contributed by atoms with Crippen LogP contribution in [-0.2, 0) is 4.79 Å². The van der Waals surface area contributed by atoms with Crippen LogP contribution in [0.15, 0.2) is 77.8 Å². The molecule has 2 aliphatic heterocycles. The number of amides is 1. The fourth-order valence-electron chi connectivity index (χ4n) is 3.02. The summed E-state index contributed by atoms with van der Waals surface area (Å²) in [5.41, 5.74) is 6.59. The van der Waals surface area contributed by atoms with Gasteiger partial charge in [0.1, 0.15) is 11.3 Å². The lowest BCUT2D eigenvalue weighted by molar-refractivity contribution is -0.124. The topological polar surface area (TPSA) is 67.5 Å². The summed E-state index contributed by atoms with van der Waals surface area (Å²) in [7, 11) is 0. The average molecular weight is 380 g/mol. The monoisotopic (exact) mass is 379 g/mol. The second kappa shape index (κ2) is 6.70. The fraction of sp³-hybridized carbons (Fsp3) is 0.100. The number of amidine groups is 1. The van der Waals surface area contributed by atoms with Crippen LogP contribution >= 0.6 is 24.4 Å². The Hall–Kier alpha value is -2.44. The lowest BCUT2D eigenvalue weighted by Crippen LogP contribution is -2.54. The second-order valence-corrected chi connectivity index (χ2v) is 7.65. The van der Waals surface area contributed by atoms with Crippen molar-refractivity contribution in [3.8, 4) is 0 Å². The standard InChI is InChI=1S/C20H17N3OS2/c21-17-20(18(24)23-19(25)22-17)11-15(13-7-3-1-4-8-13)26-16(12-20)14-9-5-2-6-10-14/h1-12,19,25H,(H2,21,22)(H,23,24). The number of nitrogens with two attached hydrogens (primary N) is 1. The van der Waals surface area contributed by atoms with Crippen LogP contribution in [0.2, 0.25) is 0 Å². The van der Waals surface area contributed by atoms with Gasteiger partial charge < -0.3 is 11.1 Å². The van der Waals surface area contributed by atoms with Crippen LogP contribution in [0, 0.1) is 5.41 Å². The van der Waals surface area contributed by atoms with E-state index in [9.17, 15) is 4.79 Å². The van der Waals surface area contributed by atoms with Crippen molar-refractivity contribution in [2.24, 2.45) is 16.1 Å². The number of hydrogen-bond donors (Lipinski definition) is 3. The van der Waals surface area contributed by atoms with E-state index in [-0.39, 0.29) is 11.7 Å². The highest BCUT2D eigenvalue weighted by atomic mass is 32.2. The van der Waals surface area contributed by atoms with Crippen LogP contribution in [-0.4, -0.2) is 17.2 Å². The minimum Gasteiger partial charge on any atom is -0.386 e. The molecular formula is C20H17N3OS2.